The number of carbonyl (C=O) groups excluding carboxylic acids is 1. The van der Waals surface area contributed by atoms with Gasteiger partial charge in [-0.05, 0) is 28.7 Å². The van der Waals surface area contributed by atoms with Crippen molar-refractivity contribution in [3.63, 3.8) is 0 Å². The molecule has 0 bridgehead atoms. The summed E-state index contributed by atoms with van der Waals surface area (Å²) in [6.07, 6.45) is 0. The van der Waals surface area contributed by atoms with Gasteiger partial charge in [-0.2, -0.15) is 0 Å². The first-order chi connectivity index (χ1) is 7.16. The molecule has 0 saturated carbocycles. The highest BCUT2D eigenvalue weighted by molar-refractivity contribution is 14.1. The summed E-state index contributed by atoms with van der Waals surface area (Å²) in [4.78, 5) is 12.0. The summed E-state index contributed by atoms with van der Waals surface area (Å²) in [6.45, 7) is 1.25. The van der Waals surface area contributed by atoms with E-state index >= 15 is 0 Å². The lowest BCUT2D eigenvalue weighted by Crippen LogP contribution is -2.40. The van der Waals surface area contributed by atoms with Crippen LogP contribution in [0.25, 0.3) is 0 Å². The van der Waals surface area contributed by atoms with Crippen molar-refractivity contribution >= 4 is 55.8 Å². The zero-order valence-corrected chi connectivity index (χ0v) is 12.3. The van der Waals surface area contributed by atoms with Gasteiger partial charge in [0.25, 0.3) is 5.91 Å². The van der Waals surface area contributed by atoms with Crippen molar-refractivity contribution in [1.82, 2.24) is 5.32 Å². The highest BCUT2D eigenvalue weighted by Crippen LogP contribution is 2.18. The largest absolute Gasteiger partial charge is 0.378 e. The molecule has 1 aliphatic rings. The van der Waals surface area contributed by atoms with Crippen LogP contribution in [-0.2, 0) is 4.74 Å². The summed E-state index contributed by atoms with van der Waals surface area (Å²) < 4.78 is 6.37. The molecule has 3 nitrogen and oxygen atoms in total. The fourth-order valence-electron chi connectivity index (χ4n) is 1.34. The Bertz CT molecular complexity index is 371. The Kier molecular flexibility index (Phi) is 4.03. The molecule has 0 spiro atoms. The van der Waals surface area contributed by atoms with Crippen LogP contribution in [0.1, 0.15) is 10.4 Å². The highest BCUT2D eigenvalue weighted by atomic mass is 127. The molecule has 15 heavy (non-hydrogen) atoms. The molecule has 1 amide bonds. The van der Waals surface area contributed by atoms with Crippen LogP contribution in [0.15, 0.2) is 11.4 Å². The Morgan fingerprint density at radius 1 is 1.67 bits per heavy atom. The minimum absolute atomic E-state index is 0.0193. The monoisotopic (exact) mass is 401 g/mol. The lowest BCUT2D eigenvalue weighted by molar-refractivity contribution is 0.0931. The second-order valence-corrected chi connectivity index (χ2v) is 7.25. The number of ether oxygens (including phenoxy) is 1. The summed E-state index contributed by atoms with van der Waals surface area (Å²) in [5.74, 6) is -0.0193. The van der Waals surface area contributed by atoms with Crippen molar-refractivity contribution in [1.29, 1.82) is 0 Å². The van der Waals surface area contributed by atoms with Crippen LogP contribution in [0.5, 0.6) is 0 Å². The number of hydrogen-bond donors (Lipinski definition) is 1. The Hall–Kier alpha value is 0.340. The minimum atomic E-state index is -0.0193. The van der Waals surface area contributed by atoms with Gasteiger partial charge in [-0.3, -0.25) is 4.79 Å². The van der Waals surface area contributed by atoms with Crippen molar-refractivity contribution < 1.29 is 9.53 Å². The molecule has 2 atom stereocenters. The van der Waals surface area contributed by atoms with Gasteiger partial charge in [-0.1, -0.05) is 15.9 Å². The molecule has 1 aliphatic heterocycles. The van der Waals surface area contributed by atoms with Gasteiger partial charge in [0.1, 0.15) is 0 Å². The van der Waals surface area contributed by atoms with Crippen molar-refractivity contribution in [2.24, 2.45) is 0 Å². The van der Waals surface area contributed by atoms with Crippen LogP contribution in [0.3, 0.4) is 0 Å². The molecule has 82 valence electrons. The van der Waals surface area contributed by atoms with Gasteiger partial charge < -0.3 is 10.1 Å². The fraction of sp³-hybridized carbons (Fsp3) is 0.444. The SMILES string of the molecule is O=C(NC1COCC1Br)c1csc(I)c1. The molecule has 0 aliphatic carbocycles. The molecule has 1 fully saturated rings. The lowest BCUT2D eigenvalue weighted by atomic mass is 10.2. The van der Waals surface area contributed by atoms with Crippen LogP contribution in [0, 0.1) is 2.88 Å². The zero-order chi connectivity index (χ0) is 10.8. The number of rotatable bonds is 2. The first kappa shape index (κ1) is 11.8. The molecule has 1 aromatic heterocycles. The molecule has 2 rings (SSSR count). The van der Waals surface area contributed by atoms with Gasteiger partial charge in [0.15, 0.2) is 0 Å². The third-order valence-corrected chi connectivity index (χ3v) is 4.85. The second kappa shape index (κ2) is 5.11. The van der Waals surface area contributed by atoms with Crippen molar-refractivity contribution in [2.45, 2.75) is 10.9 Å². The number of hydrogen-bond acceptors (Lipinski definition) is 3. The normalized spacial score (nSPS) is 25.5. The maximum atomic E-state index is 11.8. The number of alkyl halides is 1. The summed E-state index contributed by atoms with van der Waals surface area (Å²) in [7, 11) is 0. The number of amides is 1. The van der Waals surface area contributed by atoms with Gasteiger partial charge in [0.05, 0.1) is 32.5 Å². The van der Waals surface area contributed by atoms with E-state index in [0.29, 0.717) is 13.2 Å². The molecule has 1 N–H and O–H groups in total. The van der Waals surface area contributed by atoms with E-state index < -0.39 is 0 Å². The summed E-state index contributed by atoms with van der Waals surface area (Å²) >= 11 is 7.25. The summed E-state index contributed by atoms with van der Waals surface area (Å²) in [6, 6.07) is 1.97. The summed E-state index contributed by atoms with van der Waals surface area (Å²) in [5, 5.41) is 4.82. The van der Waals surface area contributed by atoms with Crippen molar-refractivity contribution in [2.75, 3.05) is 13.2 Å². The first-order valence-corrected chi connectivity index (χ1v) is 7.31. The van der Waals surface area contributed by atoms with Gasteiger partial charge in [0.2, 0.25) is 0 Å². The Morgan fingerprint density at radius 3 is 3.00 bits per heavy atom. The van der Waals surface area contributed by atoms with E-state index in [1.165, 1.54) is 0 Å². The first-order valence-electron chi connectivity index (χ1n) is 4.43. The number of thiophene rings is 1. The minimum Gasteiger partial charge on any atom is -0.378 e. The van der Waals surface area contributed by atoms with E-state index in [-0.39, 0.29) is 16.8 Å². The number of halogens is 2. The molecule has 2 unspecified atom stereocenters. The third kappa shape index (κ3) is 2.92. The van der Waals surface area contributed by atoms with Crippen molar-refractivity contribution in [3.05, 3.63) is 19.9 Å². The quantitative estimate of drug-likeness (QED) is 0.609. The van der Waals surface area contributed by atoms with Crippen LogP contribution in [0.2, 0.25) is 0 Å². The number of nitrogens with one attached hydrogen (secondary N) is 1. The molecule has 0 radical (unpaired) electrons. The maximum Gasteiger partial charge on any atom is 0.252 e. The standard InChI is InChI=1S/C9H9BrINO2S/c10-6-2-14-3-7(6)12-9(13)5-1-8(11)15-4-5/h1,4,6-7H,2-3H2,(H,12,13). The van der Waals surface area contributed by atoms with E-state index in [9.17, 15) is 4.79 Å². The van der Waals surface area contributed by atoms with Gasteiger partial charge >= 0.3 is 0 Å². The summed E-state index contributed by atoms with van der Waals surface area (Å²) in [5.41, 5.74) is 0.732. The van der Waals surface area contributed by atoms with Gasteiger partial charge in [-0.15, -0.1) is 11.3 Å². The van der Waals surface area contributed by atoms with E-state index in [1.807, 2.05) is 11.4 Å². The van der Waals surface area contributed by atoms with Gasteiger partial charge in [-0.25, -0.2) is 0 Å². The van der Waals surface area contributed by atoms with Crippen molar-refractivity contribution in [3.8, 4) is 0 Å². The molecular weight excluding hydrogens is 393 g/mol. The Morgan fingerprint density at radius 2 is 2.47 bits per heavy atom. The molecular formula is C9H9BrINO2S. The highest BCUT2D eigenvalue weighted by Gasteiger charge is 2.27. The molecule has 2 heterocycles. The van der Waals surface area contributed by atoms with Crippen LogP contribution in [-0.4, -0.2) is 30.0 Å². The van der Waals surface area contributed by atoms with E-state index in [2.05, 4.69) is 43.8 Å². The smallest absolute Gasteiger partial charge is 0.252 e. The molecule has 1 aromatic rings. The van der Waals surface area contributed by atoms with E-state index in [0.717, 1.165) is 8.45 Å². The number of carbonyl (C=O) groups is 1. The Labute approximate surface area is 114 Å². The molecule has 1 saturated heterocycles. The lowest BCUT2D eigenvalue weighted by Gasteiger charge is -2.13. The topological polar surface area (TPSA) is 38.3 Å². The predicted octanol–water partition coefficient (Wildman–Crippen LogP) is 2.24. The average Bonchev–Trinajstić information content (AvgIpc) is 2.77. The third-order valence-electron chi connectivity index (χ3n) is 2.16. The van der Waals surface area contributed by atoms with E-state index in [1.54, 1.807) is 11.3 Å². The molecule has 0 aromatic carbocycles. The van der Waals surface area contributed by atoms with E-state index in [4.69, 9.17) is 4.74 Å². The fourth-order valence-corrected chi connectivity index (χ4v) is 3.14. The van der Waals surface area contributed by atoms with Crippen LogP contribution >= 0.6 is 49.9 Å². The van der Waals surface area contributed by atoms with Crippen LogP contribution < -0.4 is 5.32 Å². The molecule has 6 heteroatoms. The van der Waals surface area contributed by atoms with Gasteiger partial charge in [0, 0.05) is 5.38 Å². The average molecular weight is 402 g/mol. The Balaban J connectivity index is 1.97. The maximum absolute atomic E-state index is 11.8. The predicted molar refractivity (Wildman–Crippen MR) is 71.8 cm³/mol. The zero-order valence-electron chi connectivity index (χ0n) is 7.70. The van der Waals surface area contributed by atoms with Crippen LogP contribution in [0.4, 0.5) is 0 Å². The second-order valence-electron chi connectivity index (χ2n) is 3.27.